The normalized spacial score (nSPS) is 12.2. The van der Waals surface area contributed by atoms with Crippen molar-refractivity contribution in [2.75, 3.05) is 0 Å². The molecule has 0 atom stereocenters. The number of rotatable bonds is 4. The molecule has 2 heteroatoms. The molecular formula is C28H24S2. The molecule has 0 nitrogen and oxygen atoms in total. The van der Waals surface area contributed by atoms with Gasteiger partial charge >= 0.3 is 0 Å². The molecule has 0 N–H and O–H groups in total. The summed E-state index contributed by atoms with van der Waals surface area (Å²) in [5.41, 5.74) is 0. The fraction of sp³-hybridized carbons (Fsp3) is 0.214. The second kappa shape index (κ2) is 7.08. The third-order valence-electron chi connectivity index (χ3n) is 6.20. The smallest absolute Gasteiger partial charge is 0.0352 e. The van der Waals surface area contributed by atoms with Crippen molar-refractivity contribution in [3.63, 3.8) is 0 Å². The second-order valence-corrected chi connectivity index (χ2v) is 10.7. The fourth-order valence-electron chi connectivity index (χ4n) is 4.80. The van der Waals surface area contributed by atoms with Crippen molar-refractivity contribution in [3.05, 3.63) is 70.4 Å². The number of aryl methyl sites for hydroxylation is 2. The molecule has 0 unspecified atom stereocenters. The Morgan fingerprint density at radius 2 is 0.967 bits per heavy atom. The predicted octanol–water partition coefficient (Wildman–Crippen LogP) is 9.48. The van der Waals surface area contributed by atoms with Crippen LogP contribution in [-0.2, 0) is 12.8 Å². The average Bonchev–Trinajstić information content (AvgIpc) is 3.32. The van der Waals surface area contributed by atoms with Crippen LogP contribution in [-0.4, -0.2) is 0 Å². The van der Waals surface area contributed by atoms with Gasteiger partial charge in [-0.15, -0.1) is 22.7 Å². The zero-order chi connectivity index (χ0) is 20.2. The molecule has 30 heavy (non-hydrogen) atoms. The highest BCUT2D eigenvalue weighted by atomic mass is 32.1. The van der Waals surface area contributed by atoms with Gasteiger partial charge in [0, 0.05) is 19.2 Å². The Hall–Kier alpha value is -2.42. The molecule has 4 aromatic carbocycles. The Morgan fingerprint density at radius 1 is 0.500 bits per heavy atom. The van der Waals surface area contributed by atoms with Crippen LogP contribution in [0.1, 0.15) is 36.4 Å². The van der Waals surface area contributed by atoms with E-state index in [0.717, 1.165) is 0 Å². The zero-order valence-electron chi connectivity index (χ0n) is 17.4. The molecule has 0 aliphatic heterocycles. The molecule has 0 radical (unpaired) electrons. The lowest BCUT2D eigenvalue weighted by atomic mass is 9.96. The van der Waals surface area contributed by atoms with E-state index in [9.17, 15) is 0 Å². The van der Waals surface area contributed by atoms with E-state index < -0.39 is 0 Å². The topological polar surface area (TPSA) is 0 Å². The Labute approximate surface area is 184 Å². The third-order valence-corrected chi connectivity index (χ3v) is 8.52. The standard InChI is InChI=1S/C28H24S2/c1-3-5-21-13-19-11-17-7-9-24-23(25(17)15-27(19)29-21)10-8-18-12-20-14-22(6-4-2)30-28(20)16-26(18)24/h7-16H,3-6H2,1-2H3. The van der Waals surface area contributed by atoms with Crippen LogP contribution in [0, 0.1) is 0 Å². The van der Waals surface area contributed by atoms with Gasteiger partial charge in [0.2, 0.25) is 0 Å². The number of hydrogen-bond donors (Lipinski definition) is 0. The van der Waals surface area contributed by atoms with Crippen molar-refractivity contribution in [3.8, 4) is 0 Å². The van der Waals surface area contributed by atoms with Gasteiger partial charge in [0.1, 0.15) is 0 Å². The maximum Gasteiger partial charge on any atom is 0.0352 e. The molecule has 6 aromatic rings. The molecule has 6 rings (SSSR count). The lowest BCUT2D eigenvalue weighted by Crippen LogP contribution is -1.81. The molecule has 0 aliphatic rings. The summed E-state index contributed by atoms with van der Waals surface area (Å²) in [5, 5.41) is 11.0. The number of fused-ring (bicyclic) bond motifs is 7. The number of hydrogen-bond acceptors (Lipinski definition) is 2. The minimum atomic E-state index is 1.18. The molecule has 148 valence electrons. The molecule has 0 bridgehead atoms. The first-order valence-corrected chi connectivity index (χ1v) is 12.6. The average molecular weight is 425 g/mol. The molecule has 0 fully saturated rings. The van der Waals surface area contributed by atoms with E-state index in [1.165, 1.54) is 87.9 Å². The first-order valence-electron chi connectivity index (χ1n) is 11.0. The summed E-state index contributed by atoms with van der Waals surface area (Å²) in [7, 11) is 0. The van der Waals surface area contributed by atoms with Crippen molar-refractivity contribution in [1.29, 1.82) is 0 Å². The van der Waals surface area contributed by atoms with Crippen LogP contribution >= 0.6 is 22.7 Å². The summed E-state index contributed by atoms with van der Waals surface area (Å²) in [6.07, 6.45) is 4.77. The van der Waals surface area contributed by atoms with Crippen LogP contribution in [0.2, 0.25) is 0 Å². The molecular weight excluding hydrogens is 400 g/mol. The van der Waals surface area contributed by atoms with Crippen LogP contribution in [0.3, 0.4) is 0 Å². The van der Waals surface area contributed by atoms with Crippen LogP contribution < -0.4 is 0 Å². The minimum Gasteiger partial charge on any atom is -0.140 e. The first-order chi connectivity index (χ1) is 14.7. The van der Waals surface area contributed by atoms with E-state index in [4.69, 9.17) is 0 Å². The van der Waals surface area contributed by atoms with E-state index >= 15 is 0 Å². The van der Waals surface area contributed by atoms with E-state index in [2.05, 4.69) is 74.5 Å². The maximum atomic E-state index is 2.42. The van der Waals surface area contributed by atoms with Crippen LogP contribution in [0.5, 0.6) is 0 Å². The number of thiophene rings is 2. The van der Waals surface area contributed by atoms with Crippen molar-refractivity contribution < 1.29 is 0 Å². The largest absolute Gasteiger partial charge is 0.140 e. The van der Waals surface area contributed by atoms with E-state index in [-0.39, 0.29) is 0 Å². The molecule has 0 saturated carbocycles. The highest BCUT2D eigenvalue weighted by Crippen LogP contribution is 2.38. The van der Waals surface area contributed by atoms with Gasteiger partial charge in [0.25, 0.3) is 0 Å². The Kier molecular flexibility index (Phi) is 4.33. The van der Waals surface area contributed by atoms with Crippen LogP contribution in [0.4, 0.5) is 0 Å². The summed E-state index contributed by atoms with van der Waals surface area (Å²) < 4.78 is 2.83. The first kappa shape index (κ1) is 18.4. The highest BCUT2D eigenvalue weighted by molar-refractivity contribution is 7.19. The van der Waals surface area contributed by atoms with E-state index in [1.54, 1.807) is 0 Å². The SMILES string of the molecule is CCCc1cc2cc3ccc4c5cc6sc(CCC)cc6cc5ccc4c3cc2s1. The Balaban J connectivity index is 1.62. The van der Waals surface area contributed by atoms with Gasteiger partial charge in [-0.2, -0.15) is 0 Å². The molecule has 0 aliphatic carbocycles. The summed E-state index contributed by atoms with van der Waals surface area (Å²) >= 11 is 3.92. The summed E-state index contributed by atoms with van der Waals surface area (Å²) in [6.45, 7) is 4.52. The van der Waals surface area contributed by atoms with Crippen molar-refractivity contribution in [2.24, 2.45) is 0 Å². The van der Waals surface area contributed by atoms with Crippen molar-refractivity contribution in [2.45, 2.75) is 39.5 Å². The maximum absolute atomic E-state index is 2.42. The van der Waals surface area contributed by atoms with Crippen LogP contribution in [0.15, 0.2) is 60.7 Å². The van der Waals surface area contributed by atoms with Crippen LogP contribution in [0.25, 0.3) is 52.5 Å². The third kappa shape index (κ3) is 2.85. The van der Waals surface area contributed by atoms with Crippen molar-refractivity contribution >= 4 is 75.2 Å². The molecule has 0 saturated heterocycles. The predicted molar refractivity (Wildman–Crippen MR) is 138 cm³/mol. The molecule has 0 spiro atoms. The minimum absolute atomic E-state index is 1.18. The van der Waals surface area contributed by atoms with E-state index in [1.807, 2.05) is 22.7 Å². The second-order valence-electron chi connectivity index (χ2n) is 8.37. The summed E-state index contributed by atoms with van der Waals surface area (Å²) in [4.78, 5) is 3.00. The lowest BCUT2D eigenvalue weighted by molar-refractivity contribution is 0.940. The van der Waals surface area contributed by atoms with Gasteiger partial charge in [-0.25, -0.2) is 0 Å². The molecule has 2 heterocycles. The lowest BCUT2D eigenvalue weighted by Gasteiger charge is -2.08. The monoisotopic (exact) mass is 424 g/mol. The van der Waals surface area contributed by atoms with Gasteiger partial charge in [0.15, 0.2) is 0 Å². The van der Waals surface area contributed by atoms with Gasteiger partial charge in [0.05, 0.1) is 0 Å². The quantitative estimate of drug-likeness (QED) is 0.247. The molecule has 0 amide bonds. The Morgan fingerprint density at radius 3 is 1.40 bits per heavy atom. The highest BCUT2D eigenvalue weighted by Gasteiger charge is 2.10. The van der Waals surface area contributed by atoms with Crippen molar-refractivity contribution in [1.82, 2.24) is 0 Å². The van der Waals surface area contributed by atoms with E-state index in [0.29, 0.717) is 0 Å². The Bertz CT molecular complexity index is 1440. The molecule has 2 aromatic heterocycles. The zero-order valence-corrected chi connectivity index (χ0v) is 19.1. The van der Waals surface area contributed by atoms with Gasteiger partial charge in [-0.05, 0) is 92.3 Å². The van der Waals surface area contributed by atoms with Gasteiger partial charge in [-0.3, -0.25) is 0 Å². The van der Waals surface area contributed by atoms with Gasteiger partial charge < -0.3 is 0 Å². The number of benzene rings is 4. The fourth-order valence-corrected chi connectivity index (χ4v) is 7.17. The summed E-state index contributed by atoms with van der Waals surface area (Å²) in [6, 6.07) is 23.7. The van der Waals surface area contributed by atoms with Gasteiger partial charge in [-0.1, -0.05) is 51.0 Å². The summed E-state index contributed by atoms with van der Waals surface area (Å²) in [5.74, 6) is 0.